The Morgan fingerprint density at radius 3 is 2.70 bits per heavy atom. The van der Waals surface area contributed by atoms with Crippen molar-refractivity contribution in [1.29, 1.82) is 0 Å². The molecule has 0 atom stereocenters. The molecular formula is C22H22FN5O2. The highest BCUT2D eigenvalue weighted by Crippen LogP contribution is 2.33. The van der Waals surface area contributed by atoms with Crippen LogP contribution in [0.2, 0.25) is 0 Å². The van der Waals surface area contributed by atoms with Gasteiger partial charge in [0.1, 0.15) is 5.82 Å². The van der Waals surface area contributed by atoms with E-state index in [1.54, 1.807) is 12.3 Å². The number of hydrogen-bond donors (Lipinski definition) is 1. The molecule has 3 heterocycles. The Kier molecular flexibility index (Phi) is 5.10. The number of nitrogens with one attached hydrogen (secondary N) is 1. The molecule has 1 N–H and O–H groups in total. The van der Waals surface area contributed by atoms with Crippen molar-refractivity contribution in [2.45, 2.75) is 18.9 Å². The second kappa shape index (κ2) is 8.04. The lowest BCUT2D eigenvalue weighted by Gasteiger charge is -2.43. The molecule has 0 spiro atoms. The van der Waals surface area contributed by atoms with Gasteiger partial charge in [0.2, 0.25) is 5.91 Å². The zero-order valence-electron chi connectivity index (χ0n) is 16.4. The first kappa shape index (κ1) is 19.0. The summed E-state index contributed by atoms with van der Waals surface area (Å²) in [5.74, 6) is 0.0276. The second-order valence-electron chi connectivity index (χ2n) is 7.85. The molecule has 30 heavy (non-hydrogen) atoms. The minimum atomic E-state index is -0.385. The average Bonchev–Trinajstić information content (AvgIpc) is 2.73. The summed E-state index contributed by atoms with van der Waals surface area (Å²) in [4.78, 5) is 18.9. The SMILES string of the molecule is O=C(Nc1cc2cc(-c3cncc(F)c3)ccc2nn1)C1CC(N2CCOCC2)C1. The number of aromatic nitrogens is 3. The highest BCUT2D eigenvalue weighted by Gasteiger charge is 2.38. The predicted octanol–water partition coefficient (Wildman–Crippen LogP) is 2.88. The van der Waals surface area contributed by atoms with E-state index in [0.29, 0.717) is 22.9 Å². The van der Waals surface area contributed by atoms with Crippen LogP contribution in [0, 0.1) is 11.7 Å². The van der Waals surface area contributed by atoms with Crippen LogP contribution >= 0.6 is 0 Å². The van der Waals surface area contributed by atoms with Crippen LogP contribution in [0.3, 0.4) is 0 Å². The molecule has 0 unspecified atom stereocenters. The standard InChI is InChI=1S/C22H22FN5O2/c23-18-8-17(12-24-13-18)14-1-2-20-15(7-14)11-21(27-26-20)25-22(29)16-9-19(10-16)28-3-5-30-6-4-28/h1-2,7-8,11-13,16,19H,3-6,9-10H2,(H,25,27,29). The first-order chi connectivity index (χ1) is 14.7. The van der Waals surface area contributed by atoms with Crippen molar-refractivity contribution >= 4 is 22.6 Å². The van der Waals surface area contributed by atoms with Gasteiger partial charge in [-0.1, -0.05) is 6.07 Å². The number of amides is 1. The van der Waals surface area contributed by atoms with Crippen LogP contribution in [0.4, 0.5) is 10.2 Å². The van der Waals surface area contributed by atoms with Gasteiger partial charge in [0.25, 0.3) is 0 Å². The first-order valence-corrected chi connectivity index (χ1v) is 10.2. The van der Waals surface area contributed by atoms with Crippen LogP contribution in [0.25, 0.3) is 22.0 Å². The Morgan fingerprint density at radius 1 is 1.07 bits per heavy atom. The normalized spacial score (nSPS) is 21.9. The summed E-state index contributed by atoms with van der Waals surface area (Å²) in [7, 11) is 0. The molecule has 154 valence electrons. The van der Waals surface area contributed by atoms with E-state index in [0.717, 1.165) is 50.1 Å². The maximum absolute atomic E-state index is 13.5. The third-order valence-electron chi connectivity index (χ3n) is 5.92. The van der Waals surface area contributed by atoms with Crippen LogP contribution in [0.1, 0.15) is 12.8 Å². The maximum Gasteiger partial charge on any atom is 0.228 e. The van der Waals surface area contributed by atoms with E-state index in [2.05, 4.69) is 25.4 Å². The number of fused-ring (bicyclic) bond motifs is 1. The molecule has 1 aromatic carbocycles. The molecule has 7 nitrogen and oxygen atoms in total. The second-order valence-corrected chi connectivity index (χ2v) is 7.85. The molecule has 3 aromatic rings. The van der Waals surface area contributed by atoms with Crippen molar-refractivity contribution in [2.75, 3.05) is 31.6 Å². The van der Waals surface area contributed by atoms with Gasteiger partial charge in [0, 0.05) is 42.2 Å². The van der Waals surface area contributed by atoms with Gasteiger partial charge in [0.15, 0.2) is 5.82 Å². The Hall–Kier alpha value is -2.97. The van der Waals surface area contributed by atoms with Gasteiger partial charge in [-0.15, -0.1) is 10.2 Å². The van der Waals surface area contributed by atoms with Gasteiger partial charge in [-0.05, 0) is 42.7 Å². The van der Waals surface area contributed by atoms with Crippen LogP contribution in [0.15, 0.2) is 42.7 Å². The van der Waals surface area contributed by atoms with E-state index in [4.69, 9.17) is 4.74 Å². The Labute approximate surface area is 173 Å². The number of ether oxygens (including phenoxy) is 1. The van der Waals surface area contributed by atoms with Crippen molar-refractivity contribution in [3.05, 3.63) is 48.5 Å². The minimum Gasteiger partial charge on any atom is -0.379 e. The van der Waals surface area contributed by atoms with Gasteiger partial charge in [-0.2, -0.15) is 0 Å². The number of carbonyl (C=O) groups excluding carboxylic acids is 1. The molecule has 1 aliphatic heterocycles. The zero-order chi connectivity index (χ0) is 20.5. The molecule has 5 rings (SSSR count). The zero-order valence-corrected chi connectivity index (χ0v) is 16.4. The summed E-state index contributed by atoms with van der Waals surface area (Å²) in [6.07, 6.45) is 4.52. The van der Waals surface area contributed by atoms with E-state index >= 15 is 0 Å². The largest absolute Gasteiger partial charge is 0.379 e. The summed E-state index contributed by atoms with van der Waals surface area (Å²) < 4.78 is 18.9. The summed E-state index contributed by atoms with van der Waals surface area (Å²) in [6, 6.07) is 9.28. The molecule has 1 saturated heterocycles. The van der Waals surface area contributed by atoms with Crippen molar-refractivity contribution in [1.82, 2.24) is 20.1 Å². The van der Waals surface area contributed by atoms with Crippen molar-refractivity contribution in [3.63, 3.8) is 0 Å². The predicted molar refractivity (Wildman–Crippen MR) is 110 cm³/mol. The minimum absolute atomic E-state index is 0.0000412. The summed E-state index contributed by atoms with van der Waals surface area (Å²) in [6.45, 7) is 3.43. The van der Waals surface area contributed by atoms with E-state index in [1.807, 2.05) is 18.2 Å². The summed E-state index contributed by atoms with van der Waals surface area (Å²) in [5, 5.41) is 12.1. The Balaban J connectivity index is 1.27. The highest BCUT2D eigenvalue weighted by molar-refractivity contribution is 5.94. The third-order valence-corrected chi connectivity index (χ3v) is 5.92. The van der Waals surface area contributed by atoms with E-state index in [9.17, 15) is 9.18 Å². The number of benzene rings is 1. The lowest BCUT2D eigenvalue weighted by Crippen LogP contribution is -2.52. The molecule has 2 fully saturated rings. The Bertz CT molecular complexity index is 1080. The van der Waals surface area contributed by atoms with Gasteiger partial charge >= 0.3 is 0 Å². The van der Waals surface area contributed by atoms with Crippen molar-refractivity contribution in [2.24, 2.45) is 5.92 Å². The van der Waals surface area contributed by atoms with E-state index < -0.39 is 0 Å². The molecule has 0 radical (unpaired) electrons. The number of anilines is 1. The molecule has 0 bridgehead atoms. The van der Waals surface area contributed by atoms with Crippen LogP contribution < -0.4 is 5.32 Å². The maximum atomic E-state index is 13.5. The fourth-order valence-electron chi connectivity index (χ4n) is 4.13. The number of morpholine rings is 1. The van der Waals surface area contributed by atoms with Crippen molar-refractivity contribution < 1.29 is 13.9 Å². The first-order valence-electron chi connectivity index (χ1n) is 10.2. The number of nitrogens with zero attached hydrogens (tertiary/aromatic N) is 4. The molecule has 1 amide bonds. The molecule has 1 saturated carbocycles. The van der Waals surface area contributed by atoms with Gasteiger partial charge in [-0.3, -0.25) is 14.7 Å². The fourth-order valence-corrected chi connectivity index (χ4v) is 4.13. The molecule has 8 heteroatoms. The molecular weight excluding hydrogens is 385 g/mol. The fraction of sp³-hybridized carbons (Fsp3) is 0.364. The van der Waals surface area contributed by atoms with Crippen LogP contribution in [0.5, 0.6) is 0 Å². The van der Waals surface area contributed by atoms with Gasteiger partial charge in [0.05, 0.1) is 24.9 Å². The molecule has 2 aliphatic rings. The lowest BCUT2D eigenvalue weighted by molar-refractivity contribution is -0.125. The average molecular weight is 407 g/mol. The van der Waals surface area contributed by atoms with Crippen LogP contribution in [-0.2, 0) is 9.53 Å². The number of halogens is 1. The third kappa shape index (κ3) is 3.88. The number of hydrogen-bond acceptors (Lipinski definition) is 6. The molecule has 2 aromatic heterocycles. The number of carbonyl (C=O) groups is 1. The number of rotatable bonds is 4. The monoisotopic (exact) mass is 407 g/mol. The van der Waals surface area contributed by atoms with E-state index in [-0.39, 0.29) is 17.6 Å². The topological polar surface area (TPSA) is 80.2 Å². The highest BCUT2D eigenvalue weighted by atomic mass is 19.1. The van der Waals surface area contributed by atoms with Crippen molar-refractivity contribution in [3.8, 4) is 11.1 Å². The van der Waals surface area contributed by atoms with Gasteiger partial charge in [-0.25, -0.2) is 4.39 Å². The summed E-state index contributed by atoms with van der Waals surface area (Å²) in [5.41, 5.74) is 2.21. The summed E-state index contributed by atoms with van der Waals surface area (Å²) >= 11 is 0. The lowest BCUT2D eigenvalue weighted by atomic mass is 9.78. The Morgan fingerprint density at radius 2 is 1.90 bits per heavy atom. The quantitative estimate of drug-likeness (QED) is 0.716. The van der Waals surface area contributed by atoms with E-state index in [1.165, 1.54) is 12.3 Å². The van der Waals surface area contributed by atoms with Crippen LogP contribution in [-0.4, -0.2) is 58.3 Å². The molecule has 1 aliphatic carbocycles. The smallest absolute Gasteiger partial charge is 0.228 e. The number of pyridine rings is 1. The van der Waals surface area contributed by atoms with Gasteiger partial charge < -0.3 is 10.1 Å².